The third-order valence-electron chi connectivity index (χ3n) is 3.31. The average Bonchev–Trinajstić information content (AvgIpc) is 3.09. The van der Waals surface area contributed by atoms with Crippen molar-refractivity contribution in [3.63, 3.8) is 0 Å². The molecule has 3 aromatic rings. The van der Waals surface area contributed by atoms with E-state index in [1.807, 2.05) is 6.92 Å². The first-order valence-corrected chi connectivity index (χ1v) is 7.54. The number of hydrogen-bond donors (Lipinski definition) is 0. The molecule has 0 fully saturated rings. The molecule has 3 rings (SSSR count). The van der Waals surface area contributed by atoms with Crippen molar-refractivity contribution in [2.24, 2.45) is 0 Å². The predicted octanol–water partition coefficient (Wildman–Crippen LogP) is 2.80. The van der Waals surface area contributed by atoms with E-state index in [1.165, 1.54) is 16.8 Å². The first-order chi connectivity index (χ1) is 12.1. The number of halogens is 2. The average molecular weight is 347 g/mol. The first-order valence-electron chi connectivity index (χ1n) is 7.54. The van der Waals surface area contributed by atoms with Crippen LogP contribution in [0.3, 0.4) is 0 Å². The van der Waals surface area contributed by atoms with Crippen LogP contribution in [0.15, 0.2) is 42.9 Å². The van der Waals surface area contributed by atoms with Gasteiger partial charge in [0.2, 0.25) is 0 Å². The summed E-state index contributed by atoms with van der Waals surface area (Å²) in [5.41, 5.74) is 2.26. The van der Waals surface area contributed by atoms with Gasteiger partial charge >= 0.3 is 12.6 Å². The summed E-state index contributed by atoms with van der Waals surface area (Å²) in [4.78, 5) is 8.20. The molecular formula is C16H15F2N5O2. The summed E-state index contributed by atoms with van der Waals surface area (Å²) in [6.07, 6.45) is 5.95. The van der Waals surface area contributed by atoms with Crippen molar-refractivity contribution in [1.82, 2.24) is 25.0 Å². The second-order valence-corrected chi connectivity index (χ2v) is 5.04. The van der Waals surface area contributed by atoms with Crippen molar-refractivity contribution in [3.05, 3.63) is 54.1 Å². The number of aryl methyl sites for hydroxylation is 1. The number of alkyl halides is 2. The zero-order chi connectivity index (χ0) is 17.6. The molecule has 7 nitrogen and oxygen atoms in total. The number of benzene rings is 1. The molecule has 0 unspecified atom stereocenters. The number of hydrogen-bond acceptors (Lipinski definition) is 6. The van der Waals surface area contributed by atoms with Crippen molar-refractivity contribution >= 4 is 0 Å². The molecule has 0 N–H and O–H groups in total. The van der Waals surface area contributed by atoms with Crippen LogP contribution in [-0.2, 0) is 13.0 Å². The molecule has 25 heavy (non-hydrogen) atoms. The van der Waals surface area contributed by atoms with Gasteiger partial charge in [0.1, 0.15) is 18.1 Å². The van der Waals surface area contributed by atoms with Crippen molar-refractivity contribution in [2.45, 2.75) is 26.6 Å². The van der Waals surface area contributed by atoms with E-state index in [4.69, 9.17) is 4.74 Å². The van der Waals surface area contributed by atoms with E-state index in [0.717, 1.165) is 12.0 Å². The van der Waals surface area contributed by atoms with Gasteiger partial charge in [-0.15, -0.1) is 5.10 Å². The van der Waals surface area contributed by atoms with Gasteiger partial charge in [-0.25, -0.2) is 14.6 Å². The van der Waals surface area contributed by atoms with E-state index in [0.29, 0.717) is 11.4 Å². The minimum Gasteiger partial charge on any atom is -0.457 e. The molecule has 130 valence electrons. The molecule has 9 heteroatoms. The van der Waals surface area contributed by atoms with E-state index in [1.54, 1.807) is 30.7 Å². The van der Waals surface area contributed by atoms with Gasteiger partial charge in [0.25, 0.3) is 0 Å². The molecule has 1 aromatic carbocycles. The lowest BCUT2D eigenvalue weighted by Crippen LogP contribution is -2.02. The Kier molecular flexibility index (Phi) is 5.12. The van der Waals surface area contributed by atoms with Crippen molar-refractivity contribution < 1.29 is 18.3 Å². The third kappa shape index (κ3) is 4.46. The van der Waals surface area contributed by atoms with Crippen molar-refractivity contribution in [1.29, 1.82) is 0 Å². The zero-order valence-corrected chi connectivity index (χ0v) is 13.3. The van der Waals surface area contributed by atoms with Crippen LogP contribution in [0.2, 0.25) is 0 Å². The van der Waals surface area contributed by atoms with Gasteiger partial charge in [-0.05, 0) is 36.2 Å². The lowest BCUT2D eigenvalue weighted by molar-refractivity contribution is -0.0498. The van der Waals surface area contributed by atoms with Crippen LogP contribution in [0.5, 0.6) is 11.8 Å². The Balaban J connectivity index is 1.61. The molecule has 0 spiro atoms. The van der Waals surface area contributed by atoms with E-state index in [2.05, 4.69) is 25.0 Å². The highest BCUT2D eigenvalue weighted by Gasteiger charge is 2.07. The Morgan fingerprint density at radius 3 is 2.48 bits per heavy atom. The summed E-state index contributed by atoms with van der Waals surface area (Å²) in [5, 5.41) is 7.97. The van der Waals surface area contributed by atoms with Gasteiger partial charge in [-0.3, -0.25) is 0 Å². The maximum atomic E-state index is 12.1. The normalized spacial score (nSPS) is 10.9. The minimum absolute atomic E-state index is 0.0788. The smallest absolute Gasteiger partial charge is 0.387 e. The number of rotatable bonds is 7. The quantitative estimate of drug-likeness (QED) is 0.654. The Labute approximate surface area is 142 Å². The summed E-state index contributed by atoms with van der Waals surface area (Å²) in [5.74, 6) is 0.0788. The Hall–Kier alpha value is -3.10. The topological polar surface area (TPSA) is 75.0 Å². The van der Waals surface area contributed by atoms with Gasteiger partial charge < -0.3 is 9.47 Å². The van der Waals surface area contributed by atoms with E-state index in [9.17, 15) is 8.78 Å². The minimum atomic E-state index is -2.85. The third-order valence-corrected chi connectivity index (χ3v) is 3.31. The van der Waals surface area contributed by atoms with E-state index >= 15 is 0 Å². The van der Waals surface area contributed by atoms with Crippen LogP contribution in [-0.4, -0.2) is 31.6 Å². The maximum absolute atomic E-state index is 12.1. The monoisotopic (exact) mass is 347 g/mol. The van der Waals surface area contributed by atoms with Crippen molar-refractivity contribution in [2.75, 3.05) is 0 Å². The predicted molar refractivity (Wildman–Crippen MR) is 83.7 cm³/mol. The maximum Gasteiger partial charge on any atom is 0.387 e. The summed E-state index contributed by atoms with van der Waals surface area (Å²) in [6.45, 7) is -0.670. The second kappa shape index (κ2) is 7.65. The Morgan fingerprint density at radius 2 is 1.84 bits per heavy atom. The summed E-state index contributed by atoms with van der Waals surface area (Å²) in [6, 6.07) is 6.33. The number of nitrogens with zero attached hydrogens (tertiary/aromatic N) is 5. The largest absolute Gasteiger partial charge is 0.457 e. The van der Waals surface area contributed by atoms with Crippen LogP contribution < -0.4 is 9.47 Å². The summed E-state index contributed by atoms with van der Waals surface area (Å²) in [7, 11) is 0. The van der Waals surface area contributed by atoms with Gasteiger partial charge in [0, 0.05) is 12.4 Å². The molecule has 2 heterocycles. The van der Waals surface area contributed by atoms with E-state index in [-0.39, 0.29) is 18.4 Å². The van der Waals surface area contributed by atoms with Crippen molar-refractivity contribution in [3.8, 4) is 17.4 Å². The number of ether oxygens (including phenoxy) is 2. The zero-order valence-electron chi connectivity index (χ0n) is 13.3. The molecule has 2 aromatic heterocycles. The van der Waals surface area contributed by atoms with Crippen LogP contribution >= 0.6 is 0 Å². The molecule has 0 saturated heterocycles. The molecule has 0 aliphatic heterocycles. The van der Waals surface area contributed by atoms with Crippen LogP contribution in [0.25, 0.3) is 5.69 Å². The SMILES string of the molecule is CCc1cnc(OCc2cn(-c3ccc(OC(F)F)cc3)nn2)nc1. The molecule has 0 aliphatic rings. The van der Waals surface area contributed by atoms with Gasteiger partial charge in [0.15, 0.2) is 0 Å². The molecule has 0 amide bonds. The second-order valence-electron chi connectivity index (χ2n) is 5.04. The van der Waals surface area contributed by atoms with E-state index < -0.39 is 6.61 Å². The van der Waals surface area contributed by atoms with Gasteiger partial charge in [-0.1, -0.05) is 12.1 Å². The van der Waals surface area contributed by atoms with Crippen LogP contribution in [0.1, 0.15) is 18.2 Å². The summed E-state index contributed by atoms with van der Waals surface area (Å²) >= 11 is 0. The molecular weight excluding hydrogens is 332 g/mol. The lowest BCUT2D eigenvalue weighted by Gasteiger charge is -2.05. The summed E-state index contributed by atoms with van der Waals surface area (Å²) < 4.78 is 35.6. The molecule has 0 atom stereocenters. The highest BCUT2D eigenvalue weighted by molar-refractivity contribution is 5.36. The van der Waals surface area contributed by atoms with Gasteiger partial charge in [-0.2, -0.15) is 8.78 Å². The first kappa shape index (κ1) is 16.7. The molecule has 0 aliphatic carbocycles. The number of aromatic nitrogens is 5. The molecule has 0 saturated carbocycles. The fourth-order valence-electron chi connectivity index (χ4n) is 2.01. The van der Waals surface area contributed by atoms with Gasteiger partial charge in [0.05, 0.1) is 11.9 Å². The lowest BCUT2D eigenvalue weighted by atomic mass is 10.3. The fraction of sp³-hybridized carbons (Fsp3) is 0.250. The highest BCUT2D eigenvalue weighted by Crippen LogP contribution is 2.17. The Bertz CT molecular complexity index is 806. The van der Waals surface area contributed by atoms with Crippen LogP contribution in [0.4, 0.5) is 8.78 Å². The Morgan fingerprint density at radius 1 is 1.12 bits per heavy atom. The standard InChI is InChI=1S/C16H15F2N5O2/c1-2-11-7-19-16(20-8-11)24-10-12-9-23(22-21-12)13-3-5-14(6-4-13)25-15(17)18/h3-9,15H,2,10H2,1H3. The fourth-order valence-corrected chi connectivity index (χ4v) is 2.01. The molecule has 0 radical (unpaired) electrons. The highest BCUT2D eigenvalue weighted by atomic mass is 19.3. The molecule has 0 bridgehead atoms. The van der Waals surface area contributed by atoms with Crippen LogP contribution in [0, 0.1) is 0 Å².